The fourth-order valence-electron chi connectivity index (χ4n) is 2.36. The van der Waals surface area contributed by atoms with E-state index in [-0.39, 0.29) is 11.5 Å². The monoisotopic (exact) mass is 263 g/mol. The van der Waals surface area contributed by atoms with Gasteiger partial charge >= 0.3 is 0 Å². The van der Waals surface area contributed by atoms with Crippen molar-refractivity contribution in [2.75, 3.05) is 37.4 Å². The molecule has 104 valence electrons. The fourth-order valence-corrected chi connectivity index (χ4v) is 2.36. The van der Waals surface area contributed by atoms with Crippen LogP contribution in [0.25, 0.3) is 0 Å². The Morgan fingerprint density at radius 3 is 2.84 bits per heavy atom. The number of nitrogens with zero attached hydrogens (tertiary/aromatic N) is 1. The number of rotatable bonds is 2. The number of amides is 1. The van der Waals surface area contributed by atoms with Crippen molar-refractivity contribution in [3.8, 4) is 0 Å². The van der Waals surface area contributed by atoms with Gasteiger partial charge in [-0.1, -0.05) is 0 Å². The van der Waals surface area contributed by atoms with Gasteiger partial charge in [-0.15, -0.1) is 0 Å². The van der Waals surface area contributed by atoms with Gasteiger partial charge in [0.15, 0.2) is 0 Å². The van der Waals surface area contributed by atoms with E-state index in [0.29, 0.717) is 17.9 Å². The number of morpholine rings is 1. The van der Waals surface area contributed by atoms with E-state index < -0.39 is 0 Å². The highest BCUT2D eigenvalue weighted by Gasteiger charge is 2.29. The molecule has 0 atom stereocenters. The summed E-state index contributed by atoms with van der Waals surface area (Å²) in [4.78, 5) is 14.1. The Labute approximate surface area is 113 Å². The molecule has 1 fully saturated rings. The number of anilines is 2. The molecular weight excluding hydrogens is 242 g/mol. The summed E-state index contributed by atoms with van der Waals surface area (Å²) in [5.41, 5.74) is 7.81. The number of nitrogens with two attached hydrogens (primary N) is 1. The third kappa shape index (κ3) is 2.98. The maximum Gasteiger partial charge on any atom is 0.253 e. The Bertz CT molecular complexity index is 486. The van der Waals surface area contributed by atoms with E-state index in [1.807, 2.05) is 19.9 Å². The highest BCUT2D eigenvalue weighted by molar-refractivity contribution is 6.00. The summed E-state index contributed by atoms with van der Waals surface area (Å²) in [6, 6.07) is 5.37. The van der Waals surface area contributed by atoms with Gasteiger partial charge in [0.1, 0.15) is 0 Å². The zero-order valence-electron chi connectivity index (χ0n) is 11.7. The lowest BCUT2D eigenvalue weighted by Gasteiger charge is -2.40. The summed E-state index contributed by atoms with van der Waals surface area (Å²) < 4.78 is 5.70. The summed E-state index contributed by atoms with van der Waals surface area (Å²) in [5.74, 6) is -0.0979. The number of hydrogen-bond donors (Lipinski definition) is 2. The zero-order chi connectivity index (χ0) is 14.0. The molecule has 0 spiro atoms. The van der Waals surface area contributed by atoms with Crippen LogP contribution in [0, 0.1) is 0 Å². The molecule has 1 aliphatic heterocycles. The Balaban J connectivity index is 2.37. The van der Waals surface area contributed by atoms with Crippen molar-refractivity contribution in [1.82, 2.24) is 5.32 Å². The lowest BCUT2D eigenvalue weighted by molar-refractivity contribution is -0.0277. The molecule has 1 amide bonds. The SMILES string of the molecule is CNC(=O)c1ccc(N)cc1N1CCOC(C)(C)C1. The van der Waals surface area contributed by atoms with Crippen LogP contribution in [-0.2, 0) is 4.74 Å². The number of nitrogens with one attached hydrogen (secondary N) is 1. The van der Waals surface area contributed by atoms with Gasteiger partial charge in [0.25, 0.3) is 5.91 Å². The lowest BCUT2D eigenvalue weighted by Crippen LogP contribution is -2.49. The average molecular weight is 263 g/mol. The Kier molecular flexibility index (Phi) is 3.66. The van der Waals surface area contributed by atoms with Gasteiger partial charge in [-0.25, -0.2) is 0 Å². The van der Waals surface area contributed by atoms with Crippen LogP contribution in [0.2, 0.25) is 0 Å². The minimum absolute atomic E-state index is 0.0979. The van der Waals surface area contributed by atoms with Crippen LogP contribution in [0.4, 0.5) is 11.4 Å². The van der Waals surface area contributed by atoms with Crippen molar-refractivity contribution in [2.45, 2.75) is 19.4 Å². The first-order valence-electron chi connectivity index (χ1n) is 6.43. The molecule has 19 heavy (non-hydrogen) atoms. The molecule has 5 nitrogen and oxygen atoms in total. The van der Waals surface area contributed by atoms with Crippen molar-refractivity contribution in [3.05, 3.63) is 23.8 Å². The Morgan fingerprint density at radius 1 is 1.47 bits per heavy atom. The maximum atomic E-state index is 11.9. The zero-order valence-corrected chi connectivity index (χ0v) is 11.7. The maximum absolute atomic E-state index is 11.9. The molecule has 0 unspecified atom stereocenters. The molecule has 5 heteroatoms. The molecule has 1 saturated heterocycles. The third-order valence-electron chi connectivity index (χ3n) is 3.26. The minimum atomic E-state index is -0.219. The van der Waals surface area contributed by atoms with E-state index in [9.17, 15) is 4.79 Å². The van der Waals surface area contributed by atoms with Crippen LogP contribution in [-0.4, -0.2) is 38.3 Å². The number of benzene rings is 1. The molecule has 0 saturated carbocycles. The van der Waals surface area contributed by atoms with Crippen LogP contribution in [0.15, 0.2) is 18.2 Å². The number of hydrogen-bond acceptors (Lipinski definition) is 4. The first-order valence-corrected chi connectivity index (χ1v) is 6.43. The quantitative estimate of drug-likeness (QED) is 0.788. The van der Waals surface area contributed by atoms with Gasteiger partial charge in [-0.3, -0.25) is 4.79 Å². The third-order valence-corrected chi connectivity index (χ3v) is 3.26. The molecule has 1 aliphatic rings. The molecule has 0 bridgehead atoms. The lowest BCUT2D eigenvalue weighted by atomic mass is 10.0. The van der Waals surface area contributed by atoms with Crippen molar-refractivity contribution >= 4 is 17.3 Å². The van der Waals surface area contributed by atoms with Crippen LogP contribution < -0.4 is 16.0 Å². The molecule has 1 heterocycles. The minimum Gasteiger partial charge on any atom is -0.399 e. The standard InChI is InChI=1S/C14H21N3O2/c1-14(2)9-17(6-7-19-14)12-8-10(15)4-5-11(12)13(18)16-3/h4-5,8H,6-7,9,15H2,1-3H3,(H,16,18). The molecule has 0 radical (unpaired) electrons. The summed E-state index contributed by atoms with van der Waals surface area (Å²) in [6.07, 6.45) is 0. The normalized spacial score (nSPS) is 18.2. The van der Waals surface area contributed by atoms with E-state index in [4.69, 9.17) is 10.5 Å². The van der Waals surface area contributed by atoms with Crippen molar-refractivity contribution < 1.29 is 9.53 Å². The van der Waals surface area contributed by atoms with Gasteiger partial charge in [0.05, 0.1) is 23.5 Å². The van der Waals surface area contributed by atoms with Crippen molar-refractivity contribution in [3.63, 3.8) is 0 Å². The summed E-state index contributed by atoms with van der Waals surface area (Å²) in [5, 5.41) is 2.66. The average Bonchev–Trinajstić information content (AvgIpc) is 2.36. The second-order valence-corrected chi connectivity index (χ2v) is 5.39. The first kappa shape index (κ1) is 13.7. The molecule has 2 rings (SSSR count). The fraction of sp³-hybridized carbons (Fsp3) is 0.500. The Morgan fingerprint density at radius 2 is 2.21 bits per heavy atom. The molecule has 0 aromatic heterocycles. The predicted molar refractivity (Wildman–Crippen MR) is 76.5 cm³/mol. The van der Waals surface area contributed by atoms with Gasteiger partial charge in [-0.2, -0.15) is 0 Å². The number of ether oxygens (including phenoxy) is 1. The smallest absolute Gasteiger partial charge is 0.253 e. The van der Waals surface area contributed by atoms with E-state index in [2.05, 4.69) is 10.2 Å². The number of carbonyl (C=O) groups excluding carboxylic acids is 1. The van der Waals surface area contributed by atoms with Gasteiger partial charge in [0.2, 0.25) is 0 Å². The van der Waals surface area contributed by atoms with Gasteiger partial charge < -0.3 is 20.7 Å². The van der Waals surface area contributed by atoms with Gasteiger partial charge in [0, 0.05) is 25.8 Å². The van der Waals surface area contributed by atoms with Crippen molar-refractivity contribution in [1.29, 1.82) is 0 Å². The first-order chi connectivity index (χ1) is 8.93. The highest BCUT2D eigenvalue weighted by Crippen LogP contribution is 2.28. The largest absolute Gasteiger partial charge is 0.399 e. The van der Waals surface area contributed by atoms with Gasteiger partial charge in [-0.05, 0) is 32.0 Å². The van der Waals surface area contributed by atoms with Crippen LogP contribution in [0.1, 0.15) is 24.2 Å². The summed E-state index contributed by atoms with van der Waals surface area (Å²) >= 11 is 0. The van der Waals surface area contributed by atoms with E-state index in [0.717, 1.165) is 18.8 Å². The predicted octanol–water partition coefficient (Wildman–Crippen LogP) is 1.24. The van der Waals surface area contributed by atoms with E-state index >= 15 is 0 Å². The molecule has 3 N–H and O–H groups in total. The van der Waals surface area contributed by atoms with Crippen LogP contribution in [0.5, 0.6) is 0 Å². The van der Waals surface area contributed by atoms with Crippen LogP contribution in [0.3, 0.4) is 0 Å². The number of carbonyl (C=O) groups is 1. The second-order valence-electron chi connectivity index (χ2n) is 5.39. The summed E-state index contributed by atoms with van der Waals surface area (Å²) in [6.45, 7) is 6.24. The van der Waals surface area contributed by atoms with E-state index in [1.54, 1.807) is 19.2 Å². The molecule has 0 aliphatic carbocycles. The topological polar surface area (TPSA) is 67.6 Å². The molecule has 1 aromatic carbocycles. The second kappa shape index (κ2) is 5.09. The summed E-state index contributed by atoms with van der Waals surface area (Å²) in [7, 11) is 1.63. The van der Waals surface area contributed by atoms with Crippen LogP contribution >= 0.6 is 0 Å². The number of nitrogen functional groups attached to an aromatic ring is 1. The molecular formula is C14H21N3O2. The highest BCUT2D eigenvalue weighted by atomic mass is 16.5. The Hall–Kier alpha value is -1.75. The molecule has 1 aromatic rings. The van der Waals surface area contributed by atoms with Crippen molar-refractivity contribution in [2.24, 2.45) is 0 Å². The van der Waals surface area contributed by atoms with E-state index in [1.165, 1.54) is 0 Å².